The van der Waals surface area contributed by atoms with Crippen LogP contribution in [-0.4, -0.2) is 41.0 Å². The van der Waals surface area contributed by atoms with Crippen LogP contribution in [0.5, 0.6) is 0 Å². The highest BCUT2D eigenvalue weighted by atomic mass is 35.5. The van der Waals surface area contributed by atoms with E-state index in [1.165, 1.54) is 0 Å². The van der Waals surface area contributed by atoms with Gasteiger partial charge in [0, 0.05) is 22.5 Å². The Balaban J connectivity index is 0.00000324. The molecule has 0 radical (unpaired) electrons. The summed E-state index contributed by atoms with van der Waals surface area (Å²) in [5.41, 5.74) is 2.37. The summed E-state index contributed by atoms with van der Waals surface area (Å²) in [5, 5.41) is 20.8. The van der Waals surface area contributed by atoms with E-state index in [0.29, 0.717) is 33.6 Å². The number of piperidine rings is 1. The summed E-state index contributed by atoms with van der Waals surface area (Å²) in [7, 11) is 0. The van der Waals surface area contributed by atoms with Crippen LogP contribution in [0.3, 0.4) is 0 Å². The molecule has 178 valence electrons. The van der Waals surface area contributed by atoms with E-state index < -0.39 is 6.09 Å². The minimum atomic E-state index is -0.632. The van der Waals surface area contributed by atoms with E-state index in [2.05, 4.69) is 21.8 Å². The summed E-state index contributed by atoms with van der Waals surface area (Å²) in [5.74, 6) is -0.0527. The first-order chi connectivity index (χ1) is 15.9. The number of benzene rings is 2. The van der Waals surface area contributed by atoms with Gasteiger partial charge in [0.1, 0.15) is 0 Å². The zero-order valence-electron chi connectivity index (χ0n) is 18.8. The van der Waals surface area contributed by atoms with Gasteiger partial charge in [0.25, 0.3) is 0 Å². The number of hydrogen-bond donors (Lipinski definition) is 2. The number of hydrogen-bond acceptors (Lipinski definition) is 6. The number of nitrogens with one attached hydrogen (secondary N) is 2. The van der Waals surface area contributed by atoms with Gasteiger partial charge in [-0.3, -0.25) is 4.79 Å². The third-order valence-corrected chi connectivity index (χ3v) is 5.83. The van der Waals surface area contributed by atoms with E-state index in [4.69, 9.17) is 16.3 Å². The lowest BCUT2D eigenvalue weighted by molar-refractivity contribution is -0.120. The van der Waals surface area contributed by atoms with Crippen LogP contribution in [0.4, 0.5) is 10.6 Å². The fraction of sp³-hybridized carbons (Fsp3) is 0.333. The number of halogens is 2. The SMILES string of the molecule is CC(C)OC(=O)n1nc(NC(=O)[C@@H]2CCCNC2)c2cc(-c3cc(C#N)ccc3Cl)ccc21.Cl. The van der Waals surface area contributed by atoms with Crippen molar-refractivity contribution in [3.8, 4) is 17.2 Å². The van der Waals surface area contributed by atoms with Crippen molar-refractivity contribution in [2.75, 3.05) is 18.4 Å². The van der Waals surface area contributed by atoms with Crippen LogP contribution < -0.4 is 10.6 Å². The molecular weight excluding hydrogens is 477 g/mol. The van der Waals surface area contributed by atoms with Gasteiger partial charge in [0.05, 0.1) is 29.2 Å². The van der Waals surface area contributed by atoms with Crippen LogP contribution in [-0.2, 0) is 9.53 Å². The van der Waals surface area contributed by atoms with Crippen LogP contribution in [0.1, 0.15) is 32.3 Å². The number of carbonyl (C=O) groups excluding carboxylic acids is 2. The van der Waals surface area contributed by atoms with Crippen LogP contribution >= 0.6 is 24.0 Å². The van der Waals surface area contributed by atoms with Gasteiger partial charge >= 0.3 is 6.09 Å². The number of carbonyl (C=O) groups is 2. The first-order valence-electron chi connectivity index (χ1n) is 10.8. The first-order valence-corrected chi connectivity index (χ1v) is 11.2. The van der Waals surface area contributed by atoms with Crippen molar-refractivity contribution in [1.82, 2.24) is 15.1 Å². The molecule has 1 saturated heterocycles. The molecule has 0 aliphatic carbocycles. The number of nitrogens with zero attached hydrogens (tertiary/aromatic N) is 3. The normalized spacial score (nSPS) is 15.4. The lowest BCUT2D eigenvalue weighted by atomic mass is 9.98. The van der Waals surface area contributed by atoms with Crippen molar-refractivity contribution in [2.24, 2.45) is 5.92 Å². The Hall–Kier alpha value is -3.12. The molecule has 4 rings (SSSR count). The Bertz CT molecular complexity index is 1260. The highest BCUT2D eigenvalue weighted by Crippen LogP contribution is 2.34. The molecule has 1 atom stereocenters. The molecule has 1 aliphatic heterocycles. The number of nitriles is 1. The van der Waals surface area contributed by atoms with Crippen molar-refractivity contribution in [1.29, 1.82) is 5.26 Å². The van der Waals surface area contributed by atoms with Gasteiger partial charge in [-0.2, -0.15) is 9.94 Å². The number of ether oxygens (including phenoxy) is 1. The second-order valence-electron chi connectivity index (χ2n) is 8.26. The van der Waals surface area contributed by atoms with E-state index in [1.54, 1.807) is 50.2 Å². The van der Waals surface area contributed by atoms with Crippen LogP contribution in [0.2, 0.25) is 5.02 Å². The number of anilines is 1. The van der Waals surface area contributed by atoms with Crippen LogP contribution in [0.25, 0.3) is 22.0 Å². The molecule has 0 spiro atoms. The number of amides is 1. The monoisotopic (exact) mass is 501 g/mol. The zero-order valence-corrected chi connectivity index (χ0v) is 20.4. The Morgan fingerprint density at radius 2 is 2.09 bits per heavy atom. The summed E-state index contributed by atoms with van der Waals surface area (Å²) < 4.78 is 6.48. The molecule has 1 aromatic heterocycles. The maximum Gasteiger partial charge on any atom is 0.435 e. The predicted molar refractivity (Wildman–Crippen MR) is 133 cm³/mol. The van der Waals surface area contributed by atoms with Gasteiger partial charge in [0.2, 0.25) is 5.91 Å². The van der Waals surface area contributed by atoms with Gasteiger partial charge in [-0.1, -0.05) is 17.7 Å². The lowest BCUT2D eigenvalue weighted by Gasteiger charge is -2.21. The van der Waals surface area contributed by atoms with E-state index in [9.17, 15) is 14.9 Å². The summed E-state index contributed by atoms with van der Waals surface area (Å²) in [6, 6.07) is 12.5. The smallest absolute Gasteiger partial charge is 0.435 e. The van der Waals surface area contributed by atoms with Crippen molar-refractivity contribution in [3.63, 3.8) is 0 Å². The topological polar surface area (TPSA) is 109 Å². The maximum atomic E-state index is 12.9. The van der Waals surface area contributed by atoms with Gasteiger partial charge < -0.3 is 15.4 Å². The van der Waals surface area contributed by atoms with Crippen molar-refractivity contribution < 1.29 is 14.3 Å². The average molecular weight is 502 g/mol. The predicted octanol–water partition coefficient (Wildman–Crippen LogP) is 4.98. The first kappa shape index (κ1) is 25.5. The lowest BCUT2D eigenvalue weighted by Crippen LogP contribution is -2.37. The minimum absolute atomic E-state index is 0. The van der Waals surface area contributed by atoms with E-state index >= 15 is 0 Å². The third-order valence-electron chi connectivity index (χ3n) is 5.51. The standard InChI is InChI=1S/C24H24ClN5O3.ClH/c1-14(2)33-24(32)30-21-8-6-16(18-10-15(12-26)5-7-20(18)25)11-19(21)22(29-30)28-23(31)17-4-3-9-27-13-17;/h5-8,10-11,14,17,27H,3-4,9,13H2,1-2H3,(H,28,29,31);1H/t17-;/m1./s1. The molecule has 34 heavy (non-hydrogen) atoms. The van der Waals surface area contributed by atoms with Gasteiger partial charge in [0.15, 0.2) is 5.82 Å². The average Bonchev–Trinajstić information content (AvgIpc) is 3.17. The number of fused-ring (bicyclic) bond motifs is 1. The Morgan fingerprint density at radius 3 is 2.76 bits per heavy atom. The van der Waals surface area contributed by atoms with Crippen molar-refractivity contribution in [2.45, 2.75) is 32.8 Å². The van der Waals surface area contributed by atoms with Crippen LogP contribution in [0.15, 0.2) is 36.4 Å². The molecule has 1 fully saturated rings. The highest BCUT2D eigenvalue weighted by molar-refractivity contribution is 6.33. The molecular formula is C24H25Cl2N5O3. The molecule has 2 N–H and O–H groups in total. The molecule has 2 heterocycles. The maximum absolute atomic E-state index is 12.9. The van der Waals surface area contributed by atoms with Gasteiger partial charge in [-0.25, -0.2) is 4.79 Å². The van der Waals surface area contributed by atoms with E-state index in [-0.39, 0.29) is 36.2 Å². The van der Waals surface area contributed by atoms with Crippen LogP contribution in [0, 0.1) is 17.2 Å². The second-order valence-corrected chi connectivity index (χ2v) is 8.67. The fourth-order valence-corrected chi connectivity index (χ4v) is 4.11. The Kier molecular flexibility index (Phi) is 8.15. The second kappa shape index (κ2) is 10.9. The summed E-state index contributed by atoms with van der Waals surface area (Å²) in [4.78, 5) is 25.5. The fourth-order valence-electron chi connectivity index (χ4n) is 3.88. The zero-order chi connectivity index (χ0) is 23.5. The molecule has 10 heteroatoms. The minimum Gasteiger partial charge on any atom is -0.445 e. The van der Waals surface area contributed by atoms with Gasteiger partial charge in [-0.05, 0) is 69.1 Å². The molecule has 1 amide bonds. The number of rotatable bonds is 4. The molecule has 0 unspecified atom stereocenters. The molecule has 0 bridgehead atoms. The highest BCUT2D eigenvalue weighted by Gasteiger charge is 2.25. The molecule has 3 aromatic rings. The van der Waals surface area contributed by atoms with E-state index in [1.807, 2.05) is 0 Å². The molecule has 8 nitrogen and oxygen atoms in total. The summed E-state index contributed by atoms with van der Waals surface area (Å²) in [6.07, 6.45) is 0.752. The quantitative estimate of drug-likeness (QED) is 0.521. The molecule has 1 aliphatic rings. The third kappa shape index (κ3) is 5.33. The van der Waals surface area contributed by atoms with Gasteiger partial charge in [-0.15, -0.1) is 17.5 Å². The van der Waals surface area contributed by atoms with Crippen molar-refractivity contribution in [3.05, 3.63) is 47.0 Å². The Labute approximate surface area is 208 Å². The Morgan fingerprint density at radius 1 is 1.29 bits per heavy atom. The molecule has 0 saturated carbocycles. The van der Waals surface area contributed by atoms with Crippen molar-refractivity contribution >= 4 is 52.7 Å². The summed E-state index contributed by atoms with van der Waals surface area (Å²) in [6.45, 7) is 5.01. The summed E-state index contributed by atoms with van der Waals surface area (Å²) >= 11 is 6.40. The molecule has 2 aromatic carbocycles. The van der Waals surface area contributed by atoms with E-state index in [0.717, 1.165) is 29.6 Å². The largest absolute Gasteiger partial charge is 0.445 e. The number of aromatic nitrogens is 2.